The van der Waals surface area contributed by atoms with Crippen molar-refractivity contribution in [1.29, 1.82) is 0 Å². The first-order valence-corrected chi connectivity index (χ1v) is 8.66. The molecular formula is C16H15Cl2NO4S. The van der Waals surface area contributed by atoms with Gasteiger partial charge in [-0.25, -0.2) is 4.79 Å². The zero-order valence-electron chi connectivity index (χ0n) is 12.8. The summed E-state index contributed by atoms with van der Waals surface area (Å²) in [5.41, 5.74) is 0. The molecule has 2 rings (SSSR count). The van der Waals surface area contributed by atoms with Crippen LogP contribution in [0.3, 0.4) is 0 Å². The number of thiophene rings is 1. The van der Waals surface area contributed by atoms with Gasteiger partial charge in [0.2, 0.25) is 0 Å². The number of esters is 1. The minimum Gasteiger partial charge on any atom is -0.477 e. The molecule has 0 radical (unpaired) electrons. The topological polar surface area (TPSA) is 64.6 Å². The normalized spacial score (nSPS) is 11.6. The maximum absolute atomic E-state index is 11.9. The maximum Gasteiger partial charge on any atom is 0.347 e. The molecule has 1 amide bonds. The number of ether oxygens (including phenoxy) is 2. The van der Waals surface area contributed by atoms with Crippen LogP contribution in [0.5, 0.6) is 5.75 Å². The molecule has 0 aliphatic carbocycles. The molecule has 0 bridgehead atoms. The highest BCUT2D eigenvalue weighted by Gasteiger charge is 2.19. The van der Waals surface area contributed by atoms with Crippen molar-refractivity contribution < 1.29 is 19.1 Å². The molecular weight excluding hydrogens is 373 g/mol. The molecule has 0 aliphatic rings. The van der Waals surface area contributed by atoms with Crippen LogP contribution in [0.15, 0.2) is 35.7 Å². The van der Waals surface area contributed by atoms with Crippen molar-refractivity contribution in [3.63, 3.8) is 0 Å². The van der Waals surface area contributed by atoms with E-state index in [0.717, 1.165) is 4.88 Å². The van der Waals surface area contributed by atoms with Crippen molar-refractivity contribution in [2.45, 2.75) is 19.6 Å². The summed E-state index contributed by atoms with van der Waals surface area (Å²) in [5, 5.41) is 5.33. The molecule has 1 atom stereocenters. The summed E-state index contributed by atoms with van der Waals surface area (Å²) in [5.74, 6) is -0.728. The van der Waals surface area contributed by atoms with Crippen LogP contribution in [0.25, 0.3) is 0 Å². The predicted octanol–water partition coefficient (Wildman–Crippen LogP) is 3.68. The van der Waals surface area contributed by atoms with Crippen molar-refractivity contribution >= 4 is 46.4 Å². The van der Waals surface area contributed by atoms with E-state index in [0.29, 0.717) is 17.3 Å². The summed E-state index contributed by atoms with van der Waals surface area (Å²) in [6.07, 6.45) is -0.909. The third-order valence-corrected chi connectivity index (χ3v) is 4.32. The summed E-state index contributed by atoms with van der Waals surface area (Å²) < 4.78 is 10.3. The Morgan fingerprint density at radius 2 is 2.08 bits per heavy atom. The summed E-state index contributed by atoms with van der Waals surface area (Å²) >= 11 is 13.3. The van der Waals surface area contributed by atoms with Crippen LogP contribution in [0, 0.1) is 0 Å². The van der Waals surface area contributed by atoms with Gasteiger partial charge in [0, 0.05) is 9.90 Å². The Labute approximate surface area is 153 Å². The lowest BCUT2D eigenvalue weighted by Gasteiger charge is -2.15. The summed E-state index contributed by atoms with van der Waals surface area (Å²) in [6, 6.07) is 8.46. The van der Waals surface area contributed by atoms with Gasteiger partial charge in [0.1, 0.15) is 5.75 Å². The first-order chi connectivity index (χ1) is 11.5. The lowest BCUT2D eigenvalue weighted by Crippen LogP contribution is -2.32. The van der Waals surface area contributed by atoms with E-state index in [-0.39, 0.29) is 17.5 Å². The van der Waals surface area contributed by atoms with E-state index >= 15 is 0 Å². The van der Waals surface area contributed by atoms with Crippen LogP contribution in [0.2, 0.25) is 10.0 Å². The third kappa shape index (κ3) is 5.70. The van der Waals surface area contributed by atoms with E-state index in [9.17, 15) is 9.59 Å². The zero-order chi connectivity index (χ0) is 17.5. The van der Waals surface area contributed by atoms with Gasteiger partial charge >= 0.3 is 5.97 Å². The Morgan fingerprint density at radius 3 is 2.75 bits per heavy atom. The monoisotopic (exact) mass is 387 g/mol. The van der Waals surface area contributed by atoms with Crippen molar-refractivity contribution in [3.05, 3.63) is 50.6 Å². The molecule has 128 valence electrons. The Hall–Kier alpha value is -1.76. The quantitative estimate of drug-likeness (QED) is 0.735. The summed E-state index contributed by atoms with van der Waals surface area (Å²) in [7, 11) is 0. The van der Waals surface area contributed by atoms with Crippen LogP contribution >= 0.6 is 34.5 Å². The van der Waals surface area contributed by atoms with Gasteiger partial charge in [0.15, 0.2) is 12.7 Å². The average Bonchev–Trinajstić information content (AvgIpc) is 3.06. The SMILES string of the molecule is C[C@@H](Oc1ccc(Cl)cc1Cl)C(=O)OCC(=O)NCc1cccs1. The molecule has 2 aromatic rings. The van der Waals surface area contributed by atoms with Crippen molar-refractivity contribution in [2.75, 3.05) is 6.61 Å². The van der Waals surface area contributed by atoms with Gasteiger partial charge in [-0.15, -0.1) is 11.3 Å². The number of hydrogen-bond acceptors (Lipinski definition) is 5. The Balaban J connectivity index is 1.75. The molecule has 1 aromatic heterocycles. The minimum atomic E-state index is -0.909. The number of rotatable bonds is 7. The number of amides is 1. The number of nitrogens with one attached hydrogen (secondary N) is 1. The number of carbonyl (C=O) groups is 2. The highest BCUT2D eigenvalue weighted by atomic mass is 35.5. The lowest BCUT2D eigenvalue weighted by atomic mass is 10.3. The van der Waals surface area contributed by atoms with E-state index in [2.05, 4.69) is 5.32 Å². The molecule has 1 aromatic carbocycles. The van der Waals surface area contributed by atoms with Gasteiger partial charge in [-0.2, -0.15) is 0 Å². The predicted molar refractivity (Wildman–Crippen MR) is 93.7 cm³/mol. The summed E-state index contributed by atoms with van der Waals surface area (Å²) in [6.45, 7) is 1.55. The molecule has 5 nitrogen and oxygen atoms in total. The highest BCUT2D eigenvalue weighted by Crippen LogP contribution is 2.28. The van der Waals surface area contributed by atoms with Crippen LogP contribution < -0.4 is 10.1 Å². The maximum atomic E-state index is 11.9. The highest BCUT2D eigenvalue weighted by molar-refractivity contribution is 7.09. The molecule has 1 N–H and O–H groups in total. The Kier molecular flexibility index (Phi) is 6.90. The number of halogens is 2. The van der Waals surface area contributed by atoms with Crippen LogP contribution in [-0.2, 0) is 20.9 Å². The first kappa shape index (κ1) is 18.6. The van der Waals surface area contributed by atoms with E-state index in [1.165, 1.54) is 24.3 Å². The lowest BCUT2D eigenvalue weighted by molar-refractivity contribution is -0.154. The van der Waals surface area contributed by atoms with Gasteiger partial charge in [0.05, 0.1) is 11.6 Å². The molecule has 24 heavy (non-hydrogen) atoms. The van der Waals surface area contributed by atoms with E-state index in [1.54, 1.807) is 12.1 Å². The molecule has 0 aliphatic heterocycles. The first-order valence-electron chi connectivity index (χ1n) is 7.03. The fraction of sp³-hybridized carbons (Fsp3) is 0.250. The van der Waals surface area contributed by atoms with Gasteiger partial charge < -0.3 is 14.8 Å². The fourth-order valence-corrected chi connectivity index (χ4v) is 2.81. The zero-order valence-corrected chi connectivity index (χ0v) is 15.1. The van der Waals surface area contributed by atoms with E-state index in [4.69, 9.17) is 32.7 Å². The fourth-order valence-electron chi connectivity index (χ4n) is 1.71. The van der Waals surface area contributed by atoms with Crippen LogP contribution in [-0.4, -0.2) is 24.6 Å². The summed E-state index contributed by atoms with van der Waals surface area (Å²) in [4.78, 5) is 24.5. The molecule has 1 heterocycles. The van der Waals surface area contributed by atoms with Gasteiger partial charge in [-0.1, -0.05) is 29.3 Å². The molecule has 0 unspecified atom stereocenters. The standard InChI is InChI=1S/C16H15Cl2NO4S/c1-10(23-14-5-4-11(17)7-13(14)18)16(21)22-9-15(20)19-8-12-3-2-6-24-12/h2-7,10H,8-9H2,1H3,(H,19,20)/t10-/m1/s1. The second-order valence-corrected chi connectivity index (χ2v) is 6.67. The molecule has 0 saturated carbocycles. The molecule has 8 heteroatoms. The second kappa shape index (κ2) is 8.92. The number of benzene rings is 1. The van der Waals surface area contributed by atoms with Crippen LogP contribution in [0.4, 0.5) is 0 Å². The van der Waals surface area contributed by atoms with Crippen molar-refractivity contribution in [2.24, 2.45) is 0 Å². The molecule has 0 spiro atoms. The average molecular weight is 388 g/mol. The van der Waals surface area contributed by atoms with E-state index in [1.807, 2.05) is 17.5 Å². The smallest absolute Gasteiger partial charge is 0.347 e. The molecule has 0 fully saturated rings. The number of hydrogen-bond donors (Lipinski definition) is 1. The third-order valence-electron chi connectivity index (χ3n) is 2.92. The molecule has 0 saturated heterocycles. The number of carbonyl (C=O) groups excluding carboxylic acids is 2. The second-order valence-electron chi connectivity index (χ2n) is 4.80. The van der Waals surface area contributed by atoms with Crippen molar-refractivity contribution in [1.82, 2.24) is 5.32 Å². The van der Waals surface area contributed by atoms with Gasteiger partial charge in [0.25, 0.3) is 5.91 Å². The van der Waals surface area contributed by atoms with Gasteiger partial charge in [-0.3, -0.25) is 4.79 Å². The van der Waals surface area contributed by atoms with Crippen LogP contribution in [0.1, 0.15) is 11.8 Å². The minimum absolute atomic E-state index is 0.288. The Bertz CT molecular complexity index is 706. The largest absolute Gasteiger partial charge is 0.477 e. The van der Waals surface area contributed by atoms with Crippen molar-refractivity contribution in [3.8, 4) is 5.75 Å². The van der Waals surface area contributed by atoms with E-state index < -0.39 is 12.1 Å². The van der Waals surface area contributed by atoms with Gasteiger partial charge in [-0.05, 0) is 36.6 Å². The Morgan fingerprint density at radius 1 is 1.29 bits per heavy atom.